The number of thioether (sulfide) groups is 1. The molecule has 7 nitrogen and oxygen atoms in total. The van der Waals surface area contributed by atoms with E-state index in [0.29, 0.717) is 12.2 Å². The summed E-state index contributed by atoms with van der Waals surface area (Å²) in [6.45, 7) is 2.05. The molecule has 1 aromatic carbocycles. The number of hydrogen-bond donors (Lipinski definition) is 2. The maximum Gasteiger partial charge on any atom is 0.368 e. The van der Waals surface area contributed by atoms with Gasteiger partial charge in [-0.15, -0.1) is 0 Å². The molecule has 8 heteroatoms. The number of amides is 2. The zero-order valence-electron chi connectivity index (χ0n) is 15.7. The lowest BCUT2D eigenvalue weighted by Gasteiger charge is -2.29. The van der Waals surface area contributed by atoms with Crippen LogP contribution in [0.4, 0.5) is 0 Å². The van der Waals surface area contributed by atoms with Crippen molar-refractivity contribution in [3.05, 3.63) is 29.8 Å². The first-order chi connectivity index (χ1) is 12.9. The molecule has 2 aliphatic rings. The first-order valence-electron chi connectivity index (χ1n) is 8.98. The molecule has 0 spiro atoms. The van der Waals surface area contributed by atoms with Crippen LogP contribution in [0, 0.1) is 11.8 Å². The van der Waals surface area contributed by atoms with E-state index >= 15 is 0 Å². The van der Waals surface area contributed by atoms with E-state index in [1.54, 1.807) is 43.0 Å². The van der Waals surface area contributed by atoms with E-state index in [4.69, 9.17) is 4.74 Å². The molecule has 2 aliphatic heterocycles. The molecule has 0 aromatic heterocycles. The molecule has 3 N–H and O–H groups in total. The van der Waals surface area contributed by atoms with E-state index in [2.05, 4.69) is 0 Å². The molecule has 0 saturated carbocycles. The third kappa shape index (κ3) is 3.00. The summed E-state index contributed by atoms with van der Waals surface area (Å²) in [6.07, 6.45) is 2.38. The molecule has 2 heterocycles. The number of aromatic hydroxyl groups is 1. The number of methoxy groups -OCH3 is 1. The number of esters is 1. The van der Waals surface area contributed by atoms with Gasteiger partial charge in [0, 0.05) is 18.5 Å². The van der Waals surface area contributed by atoms with Crippen molar-refractivity contribution in [3.63, 3.8) is 0 Å². The normalized spacial score (nSPS) is 29.9. The van der Waals surface area contributed by atoms with E-state index in [0.717, 1.165) is 5.56 Å². The Bertz CT molecular complexity index is 753. The summed E-state index contributed by atoms with van der Waals surface area (Å²) in [7, 11) is 1.32. The largest absolute Gasteiger partial charge is 0.508 e. The Kier molecular flexibility index (Phi) is 5.48. The zero-order valence-corrected chi connectivity index (χ0v) is 16.5. The number of nitrogens with zero attached hydrogens (tertiary/aromatic N) is 1. The van der Waals surface area contributed by atoms with Crippen LogP contribution in [0.15, 0.2) is 24.3 Å². The highest BCUT2D eigenvalue weighted by atomic mass is 32.2. The van der Waals surface area contributed by atoms with Gasteiger partial charge in [-0.25, -0.2) is 4.79 Å². The summed E-state index contributed by atoms with van der Waals surface area (Å²) in [5.41, 5.74) is -0.321. The predicted molar refractivity (Wildman–Crippen MR) is 99.9 cm³/mol. The lowest BCUT2D eigenvalue weighted by molar-refractivity contribution is -0.734. The second-order valence-corrected chi connectivity index (χ2v) is 7.97. The summed E-state index contributed by atoms with van der Waals surface area (Å²) in [6, 6.07) is 6.20. The minimum atomic E-state index is -1.12. The van der Waals surface area contributed by atoms with Crippen LogP contribution in [-0.4, -0.2) is 59.0 Å². The van der Waals surface area contributed by atoms with Gasteiger partial charge in [0.25, 0.3) is 0 Å². The van der Waals surface area contributed by atoms with Crippen molar-refractivity contribution in [2.24, 2.45) is 11.8 Å². The molecule has 146 valence electrons. The van der Waals surface area contributed by atoms with Crippen molar-refractivity contribution < 1.29 is 29.5 Å². The van der Waals surface area contributed by atoms with Gasteiger partial charge in [0.2, 0.25) is 17.4 Å². The molecule has 0 unspecified atom stereocenters. The molecule has 0 aliphatic carbocycles. The highest BCUT2D eigenvalue weighted by Crippen LogP contribution is 2.46. The molecule has 2 amide bonds. The molecule has 4 atom stereocenters. The molecule has 1 aromatic rings. The molecule has 0 bridgehead atoms. The first-order valence-corrected chi connectivity index (χ1v) is 10.4. The first kappa shape index (κ1) is 19.7. The number of quaternary nitrogens is 1. The lowest BCUT2D eigenvalue weighted by Crippen LogP contribution is -2.98. The number of ether oxygens (including phenoxy) is 1. The van der Waals surface area contributed by atoms with Gasteiger partial charge < -0.3 is 15.2 Å². The minimum Gasteiger partial charge on any atom is -0.508 e. The maximum atomic E-state index is 13.1. The monoisotopic (exact) mass is 393 g/mol. The fraction of sp³-hybridized carbons (Fsp3) is 0.526. The number of likely N-dealkylation sites (tertiary alicyclic amines) is 1. The van der Waals surface area contributed by atoms with Gasteiger partial charge in [0.05, 0.1) is 7.11 Å². The van der Waals surface area contributed by atoms with Crippen LogP contribution < -0.4 is 5.32 Å². The topological polar surface area (TPSA) is 101 Å². The number of carbonyl (C=O) groups is 3. The Balaban J connectivity index is 2.12. The smallest absolute Gasteiger partial charge is 0.368 e. The maximum absolute atomic E-state index is 13.1. The average molecular weight is 393 g/mol. The lowest BCUT2D eigenvalue weighted by atomic mass is 9.78. The van der Waals surface area contributed by atoms with Crippen molar-refractivity contribution in [2.45, 2.75) is 24.9 Å². The van der Waals surface area contributed by atoms with Crippen LogP contribution in [0.5, 0.6) is 5.75 Å². The summed E-state index contributed by atoms with van der Waals surface area (Å²) in [5, 5.41) is 11.4. The van der Waals surface area contributed by atoms with Gasteiger partial charge in [0.1, 0.15) is 23.6 Å². The van der Waals surface area contributed by atoms with Crippen LogP contribution in [0.1, 0.15) is 24.9 Å². The van der Waals surface area contributed by atoms with Gasteiger partial charge in [-0.2, -0.15) is 11.8 Å². The average Bonchev–Trinajstić information content (AvgIpc) is 3.14. The van der Waals surface area contributed by atoms with Crippen molar-refractivity contribution >= 4 is 29.5 Å². The summed E-state index contributed by atoms with van der Waals surface area (Å²) >= 11 is 1.59. The highest BCUT2D eigenvalue weighted by Gasteiger charge is 2.71. The van der Waals surface area contributed by atoms with Gasteiger partial charge in [-0.3, -0.25) is 14.5 Å². The SMILES string of the molecule is CCN1C(=O)[C@H]2[C@@H](c3ccc(O)cc3)[NH2+][C@@](CCSC)(C(=O)OC)[C@@H]2C1=O. The Morgan fingerprint density at radius 3 is 2.52 bits per heavy atom. The fourth-order valence-corrected chi connectivity index (χ4v) is 5.03. The third-order valence-corrected chi connectivity index (χ3v) is 6.35. The van der Waals surface area contributed by atoms with E-state index in [-0.39, 0.29) is 30.2 Å². The number of carbonyl (C=O) groups excluding carboxylic acids is 3. The molecule has 27 heavy (non-hydrogen) atoms. The second-order valence-electron chi connectivity index (χ2n) is 6.98. The molecule has 3 rings (SSSR count). The van der Waals surface area contributed by atoms with E-state index in [1.165, 1.54) is 12.0 Å². The van der Waals surface area contributed by atoms with Gasteiger partial charge in [0.15, 0.2) is 0 Å². The third-order valence-electron chi connectivity index (χ3n) is 5.74. The van der Waals surface area contributed by atoms with E-state index in [1.807, 2.05) is 11.6 Å². The van der Waals surface area contributed by atoms with Crippen LogP contribution in [0.25, 0.3) is 0 Å². The number of imide groups is 1. The van der Waals surface area contributed by atoms with Crippen molar-refractivity contribution in [1.82, 2.24) is 4.90 Å². The molecular formula is C19H25N2O5S+. The molecular weight excluding hydrogens is 368 g/mol. The van der Waals surface area contributed by atoms with E-state index < -0.39 is 23.3 Å². The number of fused-ring (bicyclic) bond motifs is 1. The Labute approximate surface area is 162 Å². The summed E-state index contributed by atoms with van der Waals surface area (Å²) in [5.74, 6) is -1.57. The standard InChI is InChI=1S/C19H24N2O5S/c1-4-21-16(23)13-14(17(21)24)19(9-10-27-3,18(25)26-2)20-15(13)11-5-7-12(22)8-6-11/h5-8,13-15,20,22H,4,9-10H2,1-3H3/p+1/t13-,14+,15-,19-/m1/s1. The summed E-state index contributed by atoms with van der Waals surface area (Å²) < 4.78 is 5.10. The number of phenolic OH excluding ortho intramolecular Hbond substituents is 1. The van der Waals surface area contributed by atoms with Gasteiger partial charge >= 0.3 is 5.97 Å². The van der Waals surface area contributed by atoms with Crippen LogP contribution in [0.2, 0.25) is 0 Å². The summed E-state index contributed by atoms with van der Waals surface area (Å²) in [4.78, 5) is 40.3. The van der Waals surface area contributed by atoms with Crippen molar-refractivity contribution in [1.29, 1.82) is 0 Å². The number of rotatable bonds is 6. The quantitative estimate of drug-likeness (QED) is 0.533. The molecule has 2 saturated heterocycles. The molecule has 2 fully saturated rings. The predicted octanol–water partition coefficient (Wildman–Crippen LogP) is 0.296. The van der Waals surface area contributed by atoms with Crippen molar-refractivity contribution in [2.75, 3.05) is 25.7 Å². The Morgan fingerprint density at radius 2 is 1.96 bits per heavy atom. The van der Waals surface area contributed by atoms with Gasteiger partial charge in [-0.05, 0) is 43.2 Å². The number of benzene rings is 1. The molecule has 0 radical (unpaired) electrons. The van der Waals surface area contributed by atoms with E-state index in [9.17, 15) is 19.5 Å². The zero-order chi connectivity index (χ0) is 19.8. The Morgan fingerprint density at radius 1 is 1.30 bits per heavy atom. The van der Waals surface area contributed by atoms with Crippen molar-refractivity contribution in [3.8, 4) is 5.75 Å². The van der Waals surface area contributed by atoms with Crippen LogP contribution >= 0.6 is 11.8 Å². The van der Waals surface area contributed by atoms with Crippen LogP contribution in [-0.2, 0) is 19.1 Å². The number of nitrogens with two attached hydrogens (primary N) is 1. The van der Waals surface area contributed by atoms with Crippen LogP contribution in [0.3, 0.4) is 0 Å². The Hall–Kier alpha value is -2.06. The highest BCUT2D eigenvalue weighted by molar-refractivity contribution is 7.98. The minimum absolute atomic E-state index is 0.124. The van der Waals surface area contributed by atoms with Gasteiger partial charge in [-0.1, -0.05) is 0 Å². The second kappa shape index (κ2) is 7.52. The fourth-order valence-electron chi connectivity index (χ4n) is 4.49. The number of phenols is 1. The number of hydrogen-bond acceptors (Lipinski definition) is 6.